The number of thiocarbonyl (C=S) groups is 1. The van der Waals surface area contributed by atoms with Crippen LogP contribution in [-0.4, -0.2) is 49.8 Å². The van der Waals surface area contributed by atoms with Crippen LogP contribution in [0.3, 0.4) is 0 Å². The number of fused-ring (bicyclic) bond motifs is 1. The van der Waals surface area contributed by atoms with Crippen LogP contribution in [-0.2, 0) is 14.8 Å². The number of sulfonamides is 1. The summed E-state index contributed by atoms with van der Waals surface area (Å²) in [5.41, 5.74) is 5.69. The first-order valence-electron chi connectivity index (χ1n) is 8.38. The van der Waals surface area contributed by atoms with Crippen molar-refractivity contribution in [3.8, 4) is 0 Å². The molecule has 26 heavy (non-hydrogen) atoms. The highest BCUT2D eigenvalue weighted by atomic mass is 32.2. The van der Waals surface area contributed by atoms with E-state index in [4.69, 9.17) is 12.2 Å². The van der Waals surface area contributed by atoms with Gasteiger partial charge in [0.25, 0.3) is 15.9 Å². The van der Waals surface area contributed by atoms with Gasteiger partial charge in [-0.25, -0.2) is 0 Å². The van der Waals surface area contributed by atoms with Crippen molar-refractivity contribution in [3.63, 3.8) is 0 Å². The van der Waals surface area contributed by atoms with Crippen molar-refractivity contribution in [1.82, 2.24) is 21.1 Å². The fraction of sp³-hybridized carbons (Fsp3) is 0.438. The van der Waals surface area contributed by atoms with Gasteiger partial charge in [0.05, 0.1) is 6.54 Å². The molecule has 0 saturated heterocycles. The zero-order chi connectivity index (χ0) is 18.7. The lowest BCUT2D eigenvalue weighted by Crippen LogP contribution is -2.51. The minimum absolute atomic E-state index is 0.0677. The molecule has 3 N–H and O–H groups in total. The van der Waals surface area contributed by atoms with Crippen LogP contribution in [0.25, 0.3) is 0 Å². The molecule has 1 amide bonds. The molecule has 1 aliphatic carbocycles. The van der Waals surface area contributed by atoms with Crippen molar-refractivity contribution in [2.45, 2.75) is 36.6 Å². The Hall–Kier alpha value is -2.20. The molecule has 1 aromatic rings. The van der Waals surface area contributed by atoms with Crippen molar-refractivity contribution in [2.75, 3.05) is 13.6 Å². The monoisotopic (exact) mass is 395 g/mol. The zero-order valence-corrected chi connectivity index (χ0v) is 16.0. The molecular weight excluding hydrogens is 374 g/mol. The van der Waals surface area contributed by atoms with Crippen LogP contribution in [0.4, 0.5) is 0 Å². The van der Waals surface area contributed by atoms with Gasteiger partial charge >= 0.3 is 0 Å². The fourth-order valence-corrected chi connectivity index (χ4v) is 4.58. The van der Waals surface area contributed by atoms with Crippen LogP contribution in [0.15, 0.2) is 33.6 Å². The van der Waals surface area contributed by atoms with Gasteiger partial charge in [-0.1, -0.05) is 25.0 Å². The van der Waals surface area contributed by atoms with Crippen LogP contribution in [0, 0.1) is 0 Å². The molecule has 0 spiro atoms. The van der Waals surface area contributed by atoms with E-state index in [2.05, 4.69) is 20.6 Å². The average Bonchev–Trinajstić information content (AvgIpc) is 3.19. The number of rotatable bonds is 3. The number of nitrogens with zero attached hydrogens (tertiary/aromatic N) is 2. The number of carbonyl (C=O) groups is 1. The van der Waals surface area contributed by atoms with Crippen LogP contribution >= 0.6 is 12.2 Å². The SMILES string of the molecule is CN(CC(=O)NNC(=S)NC1CCCC1)C1=NS(=O)(=O)c2ccccc21. The summed E-state index contributed by atoms with van der Waals surface area (Å²) in [6.45, 7) is -0.0677. The molecule has 1 heterocycles. The van der Waals surface area contributed by atoms with Gasteiger partial charge in [0.1, 0.15) is 4.90 Å². The molecule has 0 unspecified atom stereocenters. The standard InChI is InChI=1S/C16H21N5O3S2/c1-21(15-12-8-4-5-9-13(12)26(23,24)20-15)10-14(22)18-19-16(25)17-11-6-2-3-7-11/h4-5,8-9,11H,2-3,6-7,10H2,1H3,(H,18,22)(H2,17,19,25). The van der Waals surface area contributed by atoms with Gasteiger partial charge in [-0.15, -0.1) is 4.40 Å². The molecule has 1 aromatic carbocycles. The third-order valence-corrected chi connectivity index (χ3v) is 5.91. The van der Waals surface area contributed by atoms with Crippen molar-refractivity contribution in [2.24, 2.45) is 4.40 Å². The Morgan fingerprint density at radius 3 is 2.69 bits per heavy atom. The highest BCUT2D eigenvalue weighted by molar-refractivity contribution is 7.90. The van der Waals surface area contributed by atoms with Crippen molar-refractivity contribution < 1.29 is 13.2 Å². The summed E-state index contributed by atoms with van der Waals surface area (Å²) >= 11 is 5.16. The van der Waals surface area contributed by atoms with Crippen molar-refractivity contribution >= 4 is 39.1 Å². The predicted molar refractivity (Wildman–Crippen MR) is 102 cm³/mol. The van der Waals surface area contributed by atoms with E-state index in [9.17, 15) is 13.2 Å². The molecular formula is C16H21N5O3S2. The second kappa shape index (κ2) is 7.58. The lowest BCUT2D eigenvalue weighted by atomic mass is 10.2. The van der Waals surface area contributed by atoms with Crippen LogP contribution in [0.2, 0.25) is 0 Å². The molecule has 0 aromatic heterocycles. The van der Waals surface area contributed by atoms with Crippen LogP contribution < -0.4 is 16.2 Å². The van der Waals surface area contributed by atoms with Gasteiger partial charge in [0.2, 0.25) is 0 Å². The summed E-state index contributed by atoms with van der Waals surface area (Å²) in [6.07, 6.45) is 4.52. The van der Waals surface area contributed by atoms with Gasteiger partial charge in [0.15, 0.2) is 10.9 Å². The Morgan fingerprint density at radius 1 is 1.27 bits per heavy atom. The highest BCUT2D eigenvalue weighted by Gasteiger charge is 2.30. The maximum atomic E-state index is 12.1. The second-order valence-corrected chi connectivity index (χ2v) is 8.35. The van der Waals surface area contributed by atoms with E-state index in [1.807, 2.05) is 0 Å². The number of amides is 1. The molecule has 2 aliphatic rings. The number of hydrazine groups is 1. The molecule has 8 nitrogen and oxygen atoms in total. The number of likely N-dealkylation sites (N-methyl/N-ethyl adjacent to an activating group) is 1. The maximum Gasteiger partial charge on any atom is 0.285 e. The van der Waals surface area contributed by atoms with Crippen molar-refractivity contribution in [1.29, 1.82) is 0 Å². The minimum atomic E-state index is -3.71. The highest BCUT2D eigenvalue weighted by Crippen LogP contribution is 2.26. The van der Waals surface area contributed by atoms with Crippen LogP contribution in [0.1, 0.15) is 31.2 Å². The Balaban J connectivity index is 1.54. The molecule has 1 aliphatic heterocycles. The number of benzene rings is 1. The molecule has 140 valence electrons. The number of hydrogen-bond acceptors (Lipinski definition) is 5. The first-order valence-corrected chi connectivity index (χ1v) is 10.2. The van der Waals surface area contributed by atoms with E-state index in [0.29, 0.717) is 16.7 Å². The van der Waals surface area contributed by atoms with Crippen LogP contribution in [0.5, 0.6) is 0 Å². The number of amidine groups is 1. The smallest absolute Gasteiger partial charge is 0.285 e. The number of hydrogen-bond donors (Lipinski definition) is 3. The van der Waals surface area contributed by atoms with E-state index in [-0.39, 0.29) is 23.2 Å². The number of carbonyl (C=O) groups excluding carboxylic acids is 1. The largest absolute Gasteiger partial charge is 0.359 e. The topological polar surface area (TPSA) is 103 Å². The Labute approximate surface area is 158 Å². The third-order valence-electron chi connectivity index (χ3n) is 4.36. The fourth-order valence-electron chi connectivity index (χ4n) is 3.11. The van der Waals surface area contributed by atoms with Gasteiger partial charge in [-0.3, -0.25) is 15.6 Å². The Bertz CT molecular complexity index is 847. The van der Waals surface area contributed by atoms with Gasteiger partial charge < -0.3 is 10.2 Å². The van der Waals surface area contributed by atoms with Gasteiger partial charge in [0, 0.05) is 18.7 Å². The molecule has 1 saturated carbocycles. The van der Waals surface area contributed by atoms with E-state index >= 15 is 0 Å². The predicted octanol–water partition coefficient (Wildman–Crippen LogP) is 0.505. The van der Waals surface area contributed by atoms with E-state index < -0.39 is 10.0 Å². The lowest BCUT2D eigenvalue weighted by molar-refractivity contribution is -0.121. The Morgan fingerprint density at radius 2 is 1.96 bits per heavy atom. The third kappa shape index (κ3) is 4.13. The number of nitrogens with one attached hydrogen (secondary N) is 3. The minimum Gasteiger partial charge on any atom is -0.359 e. The normalized spacial score (nSPS) is 18.0. The zero-order valence-electron chi connectivity index (χ0n) is 14.4. The summed E-state index contributed by atoms with van der Waals surface area (Å²) in [7, 11) is -2.09. The summed E-state index contributed by atoms with van der Waals surface area (Å²) in [4.78, 5) is 13.8. The molecule has 1 fully saturated rings. The molecule has 0 atom stereocenters. The van der Waals surface area contributed by atoms with E-state index in [1.165, 1.54) is 23.8 Å². The molecule has 0 radical (unpaired) electrons. The van der Waals surface area contributed by atoms with E-state index in [0.717, 1.165) is 12.8 Å². The summed E-state index contributed by atoms with van der Waals surface area (Å²) < 4.78 is 27.9. The molecule has 0 bridgehead atoms. The van der Waals surface area contributed by atoms with Crippen molar-refractivity contribution in [3.05, 3.63) is 29.8 Å². The Kier molecular flexibility index (Phi) is 5.42. The summed E-state index contributed by atoms with van der Waals surface area (Å²) in [5.74, 6) is -0.102. The summed E-state index contributed by atoms with van der Waals surface area (Å²) in [6, 6.07) is 6.90. The lowest BCUT2D eigenvalue weighted by Gasteiger charge is -2.20. The maximum absolute atomic E-state index is 12.1. The molecule has 10 heteroatoms. The second-order valence-electron chi connectivity index (χ2n) is 6.37. The van der Waals surface area contributed by atoms with Gasteiger partial charge in [-0.2, -0.15) is 8.42 Å². The average molecular weight is 396 g/mol. The van der Waals surface area contributed by atoms with E-state index in [1.54, 1.807) is 25.2 Å². The van der Waals surface area contributed by atoms with Gasteiger partial charge in [-0.05, 0) is 37.2 Å². The molecule has 3 rings (SSSR count). The first-order chi connectivity index (χ1) is 12.4. The summed E-state index contributed by atoms with van der Waals surface area (Å²) in [5, 5.41) is 3.53. The quantitative estimate of drug-likeness (QED) is 0.506. The first kappa shape index (κ1) is 18.6.